The third kappa shape index (κ3) is 7.41. The van der Waals surface area contributed by atoms with Gasteiger partial charge in [0.1, 0.15) is 5.76 Å². The van der Waals surface area contributed by atoms with E-state index >= 15 is 0 Å². The summed E-state index contributed by atoms with van der Waals surface area (Å²) in [5.74, 6) is 0.702. The molecule has 3 rings (SSSR count). The molecule has 0 aliphatic rings. The fourth-order valence-electron chi connectivity index (χ4n) is 3.67. The predicted molar refractivity (Wildman–Crippen MR) is 126 cm³/mol. The highest BCUT2D eigenvalue weighted by atomic mass is 16.3. The van der Waals surface area contributed by atoms with Gasteiger partial charge in [-0.15, -0.1) is 0 Å². The molecule has 0 N–H and O–H groups in total. The Hall–Kier alpha value is -3.34. The van der Waals surface area contributed by atoms with Gasteiger partial charge in [0.25, 0.3) is 0 Å². The van der Waals surface area contributed by atoms with Crippen LogP contribution in [0, 0.1) is 0 Å². The van der Waals surface area contributed by atoms with Crippen LogP contribution in [0.4, 0.5) is 0 Å². The van der Waals surface area contributed by atoms with Gasteiger partial charge in [0.05, 0.1) is 19.4 Å². The topological polar surface area (TPSA) is 53.8 Å². The van der Waals surface area contributed by atoms with Crippen molar-refractivity contribution in [2.75, 3.05) is 19.6 Å². The minimum Gasteiger partial charge on any atom is -0.467 e. The summed E-state index contributed by atoms with van der Waals surface area (Å²) in [7, 11) is 0. The minimum absolute atomic E-state index is 0.0186. The lowest BCUT2D eigenvalue weighted by atomic mass is 10.1. The lowest BCUT2D eigenvalue weighted by Crippen LogP contribution is -2.43. The zero-order chi connectivity index (χ0) is 22.6. The van der Waals surface area contributed by atoms with Gasteiger partial charge >= 0.3 is 0 Å². The highest BCUT2D eigenvalue weighted by Crippen LogP contribution is 2.11. The van der Waals surface area contributed by atoms with Crippen molar-refractivity contribution >= 4 is 11.8 Å². The molecule has 0 bridgehead atoms. The third-order valence-electron chi connectivity index (χ3n) is 5.44. The van der Waals surface area contributed by atoms with E-state index in [-0.39, 0.29) is 18.4 Å². The molecule has 0 unspecified atom stereocenters. The van der Waals surface area contributed by atoms with Gasteiger partial charge in [-0.3, -0.25) is 9.59 Å². The summed E-state index contributed by atoms with van der Waals surface area (Å²) in [6, 6.07) is 23.8. The third-order valence-corrected chi connectivity index (χ3v) is 5.44. The van der Waals surface area contributed by atoms with Gasteiger partial charge in [0, 0.05) is 19.5 Å². The maximum absolute atomic E-state index is 13.2. The van der Waals surface area contributed by atoms with Gasteiger partial charge in [-0.25, -0.2) is 0 Å². The number of rotatable bonds is 12. The van der Waals surface area contributed by atoms with Crippen LogP contribution in [0.1, 0.15) is 36.7 Å². The molecule has 0 radical (unpaired) electrons. The van der Waals surface area contributed by atoms with Crippen molar-refractivity contribution in [2.24, 2.45) is 0 Å². The van der Waals surface area contributed by atoms with Gasteiger partial charge in [0.15, 0.2) is 0 Å². The van der Waals surface area contributed by atoms with Crippen LogP contribution in [0.25, 0.3) is 0 Å². The smallest absolute Gasteiger partial charge is 0.242 e. The van der Waals surface area contributed by atoms with Crippen LogP contribution in [-0.2, 0) is 29.0 Å². The van der Waals surface area contributed by atoms with Crippen LogP contribution >= 0.6 is 0 Å². The van der Waals surface area contributed by atoms with Crippen LogP contribution in [-0.4, -0.2) is 41.2 Å². The number of amides is 2. The molecule has 168 valence electrons. The molecular weight excluding hydrogens is 400 g/mol. The molecule has 0 aliphatic heterocycles. The summed E-state index contributed by atoms with van der Waals surface area (Å²) in [5, 5.41) is 0. The molecule has 3 aromatic rings. The van der Waals surface area contributed by atoms with Gasteiger partial charge in [-0.05, 0) is 42.5 Å². The average Bonchev–Trinajstić information content (AvgIpc) is 3.34. The van der Waals surface area contributed by atoms with Crippen LogP contribution in [0.2, 0.25) is 0 Å². The van der Waals surface area contributed by atoms with Gasteiger partial charge < -0.3 is 14.2 Å². The normalized spacial score (nSPS) is 10.7. The van der Waals surface area contributed by atoms with Crippen molar-refractivity contribution in [3.63, 3.8) is 0 Å². The summed E-state index contributed by atoms with van der Waals surface area (Å²) in [4.78, 5) is 29.6. The Balaban J connectivity index is 1.63. The minimum atomic E-state index is -0.0566. The highest BCUT2D eigenvalue weighted by molar-refractivity contribution is 5.85. The zero-order valence-electron chi connectivity index (χ0n) is 18.8. The maximum Gasteiger partial charge on any atom is 0.242 e. The number of nitrogens with zero attached hydrogens (tertiary/aromatic N) is 2. The van der Waals surface area contributed by atoms with Gasteiger partial charge in [0.2, 0.25) is 11.8 Å². The van der Waals surface area contributed by atoms with Crippen molar-refractivity contribution in [3.05, 3.63) is 95.9 Å². The van der Waals surface area contributed by atoms with Gasteiger partial charge in [-0.1, -0.05) is 67.6 Å². The molecule has 1 aromatic heterocycles. The molecule has 0 saturated heterocycles. The van der Waals surface area contributed by atoms with E-state index < -0.39 is 0 Å². The standard InChI is InChI=1S/C27H32N2O3/c1-2-18-28(26(30)16-15-23-10-5-3-6-11-23)22-27(31)29(21-25-14-9-20-32-25)19-17-24-12-7-4-8-13-24/h3-14,20H,2,15-19,21-22H2,1H3. The Morgan fingerprint density at radius 3 is 2.00 bits per heavy atom. The molecule has 1 heterocycles. The second kappa shape index (κ2) is 12.5. The molecule has 0 fully saturated rings. The second-order valence-corrected chi connectivity index (χ2v) is 7.93. The lowest BCUT2D eigenvalue weighted by molar-refractivity contribution is -0.141. The average molecular weight is 433 g/mol. The van der Waals surface area contributed by atoms with Crippen molar-refractivity contribution < 1.29 is 14.0 Å². The molecule has 0 saturated carbocycles. The highest BCUT2D eigenvalue weighted by Gasteiger charge is 2.21. The van der Waals surface area contributed by atoms with E-state index in [9.17, 15) is 9.59 Å². The fraction of sp³-hybridized carbons (Fsp3) is 0.333. The number of furan rings is 1. The van der Waals surface area contributed by atoms with E-state index in [1.54, 1.807) is 16.1 Å². The summed E-state index contributed by atoms with van der Waals surface area (Å²) in [6.45, 7) is 3.67. The zero-order valence-corrected chi connectivity index (χ0v) is 18.8. The Morgan fingerprint density at radius 1 is 0.750 bits per heavy atom. The fourth-order valence-corrected chi connectivity index (χ4v) is 3.67. The predicted octanol–water partition coefficient (Wildman–Crippen LogP) is 4.72. The molecule has 5 heteroatoms. The SMILES string of the molecule is CCCN(CC(=O)N(CCc1ccccc1)Cc1ccco1)C(=O)CCc1ccccc1. The maximum atomic E-state index is 13.2. The number of carbonyl (C=O) groups excluding carboxylic acids is 2. The van der Waals surface area contributed by atoms with E-state index in [2.05, 4.69) is 12.1 Å². The van der Waals surface area contributed by atoms with Crippen LogP contribution in [0.15, 0.2) is 83.5 Å². The Bertz CT molecular complexity index is 940. The molecule has 32 heavy (non-hydrogen) atoms. The molecular formula is C27H32N2O3. The number of hydrogen-bond donors (Lipinski definition) is 0. The first-order chi connectivity index (χ1) is 15.7. The van der Waals surface area contributed by atoms with Crippen LogP contribution in [0.3, 0.4) is 0 Å². The van der Waals surface area contributed by atoms with Crippen LogP contribution in [0.5, 0.6) is 0 Å². The molecule has 2 aromatic carbocycles. The second-order valence-electron chi connectivity index (χ2n) is 7.93. The van der Waals surface area contributed by atoms with Crippen LogP contribution < -0.4 is 0 Å². The number of hydrogen-bond acceptors (Lipinski definition) is 3. The quantitative estimate of drug-likeness (QED) is 0.416. The molecule has 0 aliphatic carbocycles. The van der Waals surface area contributed by atoms with Gasteiger partial charge in [-0.2, -0.15) is 0 Å². The first kappa shape index (κ1) is 23.3. The summed E-state index contributed by atoms with van der Waals surface area (Å²) in [5.41, 5.74) is 2.31. The van der Waals surface area contributed by atoms with Crippen molar-refractivity contribution in [1.29, 1.82) is 0 Å². The Labute approximate surface area is 190 Å². The first-order valence-corrected chi connectivity index (χ1v) is 11.3. The first-order valence-electron chi connectivity index (χ1n) is 11.3. The largest absolute Gasteiger partial charge is 0.467 e. The van der Waals surface area contributed by atoms with E-state index in [1.807, 2.05) is 67.6 Å². The van der Waals surface area contributed by atoms with E-state index in [1.165, 1.54) is 5.56 Å². The van der Waals surface area contributed by atoms with E-state index in [4.69, 9.17) is 4.42 Å². The molecule has 0 spiro atoms. The summed E-state index contributed by atoms with van der Waals surface area (Å²) >= 11 is 0. The molecule has 2 amide bonds. The molecule has 0 atom stereocenters. The lowest BCUT2D eigenvalue weighted by Gasteiger charge is -2.27. The van der Waals surface area contributed by atoms with Crippen molar-refractivity contribution in [3.8, 4) is 0 Å². The number of benzene rings is 2. The summed E-state index contributed by atoms with van der Waals surface area (Å²) < 4.78 is 5.48. The summed E-state index contributed by atoms with van der Waals surface area (Å²) in [6.07, 6.45) is 4.26. The number of carbonyl (C=O) groups is 2. The van der Waals surface area contributed by atoms with Crippen molar-refractivity contribution in [2.45, 2.75) is 39.2 Å². The van der Waals surface area contributed by atoms with E-state index in [0.717, 1.165) is 24.2 Å². The van der Waals surface area contributed by atoms with E-state index in [0.29, 0.717) is 32.5 Å². The Morgan fingerprint density at radius 2 is 1.41 bits per heavy atom. The Kier molecular flexibility index (Phi) is 9.11. The monoisotopic (exact) mass is 432 g/mol. The number of aryl methyl sites for hydroxylation is 1. The molecule has 5 nitrogen and oxygen atoms in total. The van der Waals surface area contributed by atoms with Crippen molar-refractivity contribution in [1.82, 2.24) is 9.80 Å².